The van der Waals surface area contributed by atoms with E-state index in [1.54, 1.807) is 6.92 Å². The first-order valence-corrected chi connectivity index (χ1v) is 10.3. The summed E-state index contributed by atoms with van der Waals surface area (Å²) in [5.41, 5.74) is 0.415. The maximum Gasteiger partial charge on any atom is 0.242 e. The van der Waals surface area contributed by atoms with Gasteiger partial charge < -0.3 is 10.6 Å². The lowest BCUT2D eigenvalue weighted by molar-refractivity contribution is -0.128. The maximum absolute atomic E-state index is 12.2. The van der Waals surface area contributed by atoms with Crippen molar-refractivity contribution in [2.24, 2.45) is 0 Å². The third kappa shape index (κ3) is 7.48. The fourth-order valence-electron chi connectivity index (χ4n) is 2.10. The molecule has 1 aromatic carbocycles. The van der Waals surface area contributed by atoms with Crippen LogP contribution in [-0.4, -0.2) is 44.6 Å². The Kier molecular flexibility index (Phi) is 8.58. The average molecular weight is 397 g/mol. The van der Waals surface area contributed by atoms with Gasteiger partial charge in [-0.15, -0.1) is 0 Å². The van der Waals surface area contributed by atoms with Crippen molar-refractivity contribution in [3.63, 3.8) is 0 Å². The van der Waals surface area contributed by atoms with Gasteiger partial charge in [-0.1, -0.05) is 19.1 Å². The molecule has 0 bridgehead atoms. The molecule has 0 saturated heterocycles. The van der Waals surface area contributed by atoms with Crippen LogP contribution in [0.2, 0.25) is 0 Å². The van der Waals surface area contributed by atoms with Crippen molar-refractivity contribution in [2.75, 3.05) is 6.54 Å². The number of benzene rings is 1. The Bertz CT molecular complexity index is 775. The summed E-state index contributed by atoms with van der Waals surface area (Å²) in [6.07, 6.45) is 0.674. The van der Waals surface area contributed by atoms with Gasteiger partial charge in [0.1, 0.15) is 6.04 Å². The molecule has 8 nitrogen and oxygen atoms in total. The fraction of sp³-hybridized carbons (Fsp3) is 0.500. The summed E-state index contributed by atoms with van der Waals surface area (Å²) in [5, 5.41) is 5.29. The van der Waals surface area contributed by atoms with Crippen LogP contribution >= 0.6 is 0 Å². The lowest BCUT2D eigenvalue weighted by Crippen LogP contribution is -2.47. The van der Waals surface area contributed by atoms with Crippen molar-refractivity contribution >= 4 is 27.6 Å². The molecule has 0 spiro atoms. The number of hydrogen-bond acceptors (Lipinski definition) is 5. The van der Waals surface area contributed by atoms with Crippen LogP contribution in [-0.2, 0) is 19.6 Å². The van der Waals surface area contributed by atoms with E-state index in [4.69, 9.17) is 0 Å². The molecule has 0 heterocycles. The summed E-state index contributed by atoms with van der Waals surface area (Å²) in [4.78, 5) is 35.0. The Morgan fingerprint density at radius 3 is 2.15 bits per heavy atom. The largest absolute Gasteiger partial charge is 0.352 e. The van der Waals surface area contributed by atoms with Crippen molar-refractivity contribution < 1.29 is 22.8 Å². The molecular weight excluding hydrogens is 370 g/mol. The molecule has 27 heavy (non-hydrogen) atoms. The van der Waals surface area contributed by atoms with Crippen LogP contribution in [0.5, 0.6) is 0 Å². The average Bonchev–Trinajstić information content (AvgIpc) is 2.61. The highest BCUT2D eigenvalue weighted by atomic mass is 32.2. The van der Waals surface area contributed by atoms with E-state index in [1.807, 2.05) is 13.8 Å². The Morgan fingerprint density at radius 1 is 1.04 bits per heavy atom. The molecule has 0 aliphatic heterocycles. The number of carbonyl (C=O) groups is 3. The molecule has 0 aromatic heterocycles. The highest BCUT2D eigenvalue weighted by Crippen LogP contribution is 2.10. The van der Waals surface area contributed by atoms with Crippen molar-refractivity contribution in [3.8, 4) is 0 Å². The molecule has 0 aliphatic carbocycles. The molecule has 2 atom stereocenters. The van der Waals surface area contributed by atoms with Crippen molar-refractivity contribution in [2.45, 2.75) is 57.5 Å². The molecule has 2 amide bonds. The zero-order valence-corrected chi connectivity index (χ0v) is 16.9. The quantitative estimate of drug-likeness (QED) is 0.508. The number of rotatable bonds is 10. The first kappa shape index (κ1) is 22.8. The Hall–Kier alpha value is -2.26. The third-order valence-electron chi connectivity index (χ3n) is 3.99. The van der Waals surface area contributed by atoms with Crippen LogP contribution in [0.3, 0.4) is 0 Å². The summed E-state index contributed by atoms with van der Waals surface area (Å²) in [7, 11) is -3.78. The molecule has 2 unspecified atom stereocenters. The van der Waals surface area contributed by atoms with Crippen molar-refractivity contribution in [1.29, 1.82) is 0 Å². The smallest absolute Gasteiger partial charge is 0.242 e. The molecule has 1 rings (SSSR count). The number of carbonyl (C=O) groups excluding carboxylic acids is 3. The third-order valence-corrected chi connectivity index (χ3v) is 5.46. The summed E-state index contributed by atoms with van der Waals surface area (Å²) in [6, 6.07) is 4.84. The van der Waals surface area contributed by atoms with E-state index in [1.165, 1.54) is 31.2 Å². The van der Waals surface area contributed by atoms with Gasteiger partial charge in [-0.05, 0) is 39.3 Å². The normalized spacial score (nSPS) is 13.5. The fourth-order valence-corrected chi connectivity index (χ4v) is 3.13. The Labute approximate surface area is 160 Å². The summed E-state index contributed by atoms with van der Waals surface area (Å²) in [6.45, 7) is 6.65. The highest BCUT2D eigenvalue weighted by molar-refractivity contribution is 7.89. The number of sulfonamides is 1. The second-order valence-corrected chi connectivity index (χ2v) is 8.10. The van der Waals surface area contributed by atoms with Gasteiger partial charge in [-0.3, -0.25) is 14.4 Å². The lowest BCUT2D eigenvalue weighted by atomic mass is 10.2. The number of hydrogen-bond donors (Lipinski definition) is 3. The van der Waals surface area contributed by atoms with E-state index >= 15 is 0 Å². The van der Waals surface area contributed by atoms with Crippen LogP contribution < -0.4 is 15.4 Å². The van der Waals surface area contributed by atoms with Gasteiger partial charge >= 0.3 is 0 Å². The Morgan fingerprint density at radius 2 is 1.63 bits per heavy atom. The van der Waals surface area contributed by atoms with E-state index < -0.39 is 22.0 Å². The highest BCUT2D eigenvalue weighted by Gasteiger charge is 2.18. The molecule has 0 fully saturated rings. The molecule has 9 heteroatoms. The van der Waals surface area contributed by atoms with E-state index in [-0.39, 0.29) is 35.6 Å². The van der Waals surface area contributed by atoms with Crippen LogP contribution in [0.25, 0.3) is 0 Å². The van der Waals surface area contributed by atoms with Gasteiger partial charge in [0.15, 0.2) is 5.78 Å². The van der Waals surface area contributed by atoms with E-state index in [0.717, 1.165) is 6.42 Å². The van der Waals surface area contributed by atoms with E-state index in [0.29, 0.717) is 5.56 Å². The minimum absolute atomic E-state index is 0.00853. The van der Waals surface area contributed by atoms with Crippen molar-refractivity contribution in [1.82, 2.24) is 15.4 Å². The van der Waals surface area contributed by atoms with Gasteiger partial charge in [-0.25, -0.2) is 13.1 Å². The molecule has 150 valence electrons. The van der Waals surface area contributed by atoms with Crippen LogP contribution in [0.15, 0.2) is 29.2 Å². The molecule has 0 saturated carbocycles. The zero-order chi connectivity index (χ0) is 20.6. The van der Waals surface area contributed by atoms with Crippen LogP contribution in [0.4, 0.5) is 0 Å². The number of ketones is 1. The molecule has 0 radical (unpaired) electrons. The predicted molar refractivity (Wildman–Crippen MR) is 102 cm³/mol. The van der Waals surface area contributed by atoms with Gasteiger partial charge in [-0.2, -0.15) is 0 Å². The minimum Gasteiger partial charge on any atom is -0.352 e. The standard InChI is InChI=1S/C18H27N3O5S/c1-5-12(2)20-18(24)13(3)21-17(23)10-11-19-27(25,26)16-8-6-15(7-9-16)14(4)22/h6-9,12-13,19H,5,10-11H2,1-4H3,(H,20,24)(H,21,23). The number of nitrogens with one attached hydrogen (secondary N) is 3. The topological polar surface area (TPSA) is 121 Å². The van der Waals surface area contributed by atoms with E-state index in [2.05, 4.69) is 15.4 Å². The summed E-state index contributed by atoms with van der Waals surface area (Å²) < 4.78 is 26.7. The SMILES string of the molecule is CCC(C)NC(=O)C(C)NC(=O)CCNS(=O)(=O)c1ccc(C(C)=O)cc1. The van der Waals surface area contributed by atoms with Gasteiger partial charge in [0.2, 0.25) is 21.8 Å². The first-order chi connectivity index (χ1) is 12.6. The number of amides is 2. The molecular formula is C18H27N3O5S. The maximum atomic E-state index is 12.2. The van der Waals surface area contributed by atoms with E-state index in [9.17, 15) is 22.8 Å². The van der Waals surface area contributed by atoms with Gasteiger partial charge in [0, 0.05) is 24.6 Å². The second kappa shape index (κ2) is 10.2. The van der Waals surface area contributed by atoms with Gasteiger partial charge in [0.25, 0.3) is 0 Å². The lowest BCUT2D eigenvalue weighted by Gasteiger charge is -2.17. The predicted octanol–water partition coefficient (Wildman–Crippen LogP) is 0.977. The van der Waals surface area contributed by atoms with Crippen LogP contribution in [0.1, 0.15) is 50.9 Å². The van der Waals surface area contributed by atoms with Crippen LogP contribution in [0, 0.1) is 0 Å². The Balaban J connectivity index is 2.50. The molecule has 3 N–H and O–H groups in total. The first-order valence-electron chi connectivity index (χ1n) is 8.77. The minimum atomic E-state index is -3.78. The van der Waals surface area contributed by atoms with Gasteiger partial charge in [0.05, 0.1) is 4.90 Å². The second-order valence-electron chi connectivity index (χ2n) is 6.34. The number of Topliss-reactive ketones (excluding diaryl/α,β-unsaturated/α-hetero) is 1. The molecule has 0 aliphatic rings. The zero-order valence-electron chi connectivity index (χ0n) is 16.0. The van der Waals surface area contributed by atoms with Crippen molar-refractivity contribution in [3.05, 3.63) is 29.8 Å². The monoisotopic (exact) mass is 397 g/mol. The molecule has 1 aromatic rings. The summed E-state index contributed by atoms with van der Waals surface area (Å²) in [5.74, 6) is -0.879. The summed E-state index contributed by atoms with van der Waals surface area (Å²) >= 11 is 0.